The number of nitrogens with zero attached hydrogens (tertiary/aromatic N) is 4. The molecule has 1 unspecified atom stereocenters. The molecule has 0 radical (unpaired) electrons. The lowest BCUT2D eigenvalue weighted by molar-refractivity contribution is -0.151. The highest BCUT2D eigenvalue weighted by Gasteiger charge is 2.54. The van der Waals surface area contributed by atoms with Crippen molar-refractivity contribution >= 4 is 86.8 Å². The average molecular weight is 785 g/mol. The maximum Gasteiger partial charge on any atom is 0.356 e. The summed E-state index contributed by atoms with van der Waals surface area (Å²) >= 11 is 4.22. The number of nitrogen functional groups attached to an aromatic ring is 1. The fraction of sp³-hybridized carbons (Fsp3) is 0.161. The van der Waals surface area contributed by atoms with Crippen LogP contribution in [0.15, 0.2) is 74.7 Å². The van der Waals surface area contributed by atoms with Gasteiger partial charge in [0, 0.05) is 22.4 Å². The Bertz CT molecular complexity index is 2170. The van der Waals surface area contributed by atoms with Crippen molar-refractivity contribution in [2.75, 3.05) is 17.2 Å². The lowest BCUT2D eigenvalue weighted by Crippen LogP contribution is -2.71. The molecule has 268 valence electrons. The van der Waals surface area contributed by atoms with Gasteiger partial charge in [0.15, 0.2) is 32.4 Å². The van der Waals surface area contributed by atoms with Crippen molar-refractivity contribution in [1.82, 2.24) is 20.2 Å². The van der Waals surface area contributed by atoms with E-state index >= 15 is 0 Å². The van der Waals surface area contributed by atoms with Gasteiger partial charge in [-0.2, -0.15) is 0 Å². The highest BCUT2D eigenvalue weighted by molar-refractivity contribution is 8.02. The number of hydrogen-bond acceptors (Lipinski definition) is 16. The third-order valence-corrected chi connectivity index (χ3v) is 11.9. The number of thioether (sulfide) groups is 2. The summed E-state index contributed by atoms with van der Waals surface area (Å²) in [6.45, 7) is 0. The lowest BCUT2D eigenvalue weighted by atomic mass is 10.0. The van der Waals surface area contributed by atoms with Gasteiger partial charge in [-0.05, 0) is 29.3 Å². The predicted molar refractivity (Wildman–Crippen MR) is 189 cm³/mol. The van der Waals surface area contributed by atoms with Crippen LogP contribution in [-0.4, -0.2) is 98.8 Å². The summed E-state index contributed by atoms with van der Waals surface area (Å²) in [5, 5.41) is 56.1. The van der Waals surface area contributed by atoms with Gasteiger partial charge in [0.1, 0.15) is 22.8 Å². The molecule has 2 amide bonds. The minimum atomic E-state index is -1.58. The molecule has 8 N–H and O–H groups in total. The molecule has 0 aliphatic carbocycles. The molecule has 6 rings (SSSR count). The number of thiazole rings is 2. The molecule has 52 heavy (non-hydrogen) atoms. The standard InChI is InChI=1S/C31H24N6O11S4/c32-30-33-15(11-50-30)18(36-48-22(29(46)47)12-4-2-1-3-5-12)24(40)34-20-25(41)37-21(28(44)45)14(9-49-26(20)37)10-51-31-35-19(27(42)43)23(52-31)13-6-7-16(38)17(39)8-13/h1-8,11,20,22,26,38-39H,9-10H2,(H2,32,33)(H,34,40)(H,42,43)(H,44,45)(H,46,47)/t20-,22?,26-/m1/s1. The molecule has 4 heterocycles. The quantitative estimate of drug-likeness (QED) is 0.0337. The van der Waals surface area contributed by atoms with Gasteiger partial charge >= 0.3 is 17.9 Å². The van der Waals surface area contributed by atoms with E-state index in [1.54, 1.807) is 18.2 Å². The molecule has 2 aliphatic heterocycles. The molecule has 0 spiro atoms. The van der Waals surface area contributed by atoms with Gasteiger partial charge in [-0.3, -0.25) is 14.5 Å². The van der Waals surface area contributed by atoms with Crippen molar-refractivity contribution < 1.29 is 54.3 Å². The van der Waals surface area contributed by atoms with Gasteiger partial charge in [-0.1, -0.05) is 47.2 Å². The number of rotatable bonds is 13. The number of nitrogens with two attached hydrogens (primary N) is 1. The molecule has 21 heteroatoms. The second kappa shape index (κ2) is 14.9. The number of fused-ring (bicyclic) bond motifs is 1. The van der Waals surface area contributed by atoms with Crippen LogP contribution in [0.5, 0.6) is 11.5 Å². The predicted octanol–water partition coefficient (Wildman–Crippen LogP) is 3.04. The van der Waals surface area contributed by atoms with E-state index in [1.807, 2.05) is 0 Å². The smallest absolute Gasteiger partial charge is 0.356 e. The Kier molecular flexibility index (Phi) is 10.4. The number of nitrogens with one attached hydrogen (secondary N) is 1. The van der Waals surface area contributed by atoms with Crippen LogP contribution < -0.4 is 11.1 Å². The topological polar surface area (TPSA) is 275 Å². The summed E-state index contributed by atoms with van der Waals surface area (Å²) < 4.78 is 0.276. The number of aliphatic carboxylic acids is 2. The number of carboxylic acid groups (broad SMARTS) is 3. The van der Waals surface area contributed by atoms with E-state index in [-0.39, 0.29) is 54.3 Å². The largest absolute Gasteiger partial charge is 0.504 e. The molecule has 3 atom stereocenters. The first kappa shape index (κ1) is 36.2. The number of aromatic hydroxyl groups is 2. The Hall–Kier alpha value is -5.64. The number of carbonyl (C=O) groups excluding carboxylic acids is 2. The third kappa shape index (κ3) is 7.24. The number of hydrogen-bond donors (Lipinski definition) is 7. The SMILES string of the molecule is Nc1nc(C(=NOC(C(=O)O)c2ccccc2)C(=O)N[C@@H]2C(=O)N3C(C(=O)O)=C(CSc4nc(C(=O)O)c(-c5ccc(O)c(O)c5)s4)CS[C@H]23)cs1. The molecule has 1 fully saturated rings. The van der Waals surface area contributed by atoms with E-state index in [4.69, 9.17) is 10.6 Å². The van der Waals surface area contributed by atoms with E-state index in [0.717, 1.165) is 39.3 Å². The second-order valence-corrected chi connectivity index (χ2v) is 15.0. The van der Waals surface area contributed by atoms with Crippen LogP contribution in [0.2, 0.25) is 0 Å². The van der Waals surface area contributed by atoms with Gasteiger partial charge in [-0.15, -0.1) is 34.4 Å². The Morgan fingerprint density at radius 1 is 1.06 bits per heavy atom. The van der Waals surface area contributed by atoms with Crippen molar-refractivity contribution in [3.63, 3.8) is 0 Å². The van der Waals surface area contributed by atoms with Crippen LogP contribution in [0.25, 0.3) is 10.4 Å². The first-order valence-corrected chi connectivity index (χ1v) is 18.4. The second-order valence-electron chi connectivity index (χ2n) is 10.8. The van der Waals surface area contributed by atoms with Gasteiger partial charge in [0.2, 0.25) is 6.10 Å². The first-order valence-electron chi connectivity index (χ1n) is 14.7. The Labute approximate surface area is 308 Å². The van der Waals surface area contributed by atoms with Gasteiger partial charge in [-0.25, -0.2) is 24.4 Å². The Balaban J connectivity index is 1.19. The summed E-state index contributed by atoms with van der Waals surface area (Å²) in [5.41, 5.74) is 5.56. The number of anilines is 1. The number of phenolic OH excluding ortho intramolecular Hbond substituents is 2. The molecule has 0 saturated carbocycles. The molecule has 2 aromatic carbocycles. The number of oxime groups is 1. The number of carboxylic acids is 3. The highest BCUT2D eigenvalue weighted by Crippen LogP contribution is 2.43. The molecular formula is C31H24N6O11S4. The fourth-order valence-electron chi connectivity index (χ4n) is 5.10. The van der Waals surface area contributed by atoms with Crippen molar-refractivity contribution in [1.29, 1.82) is 0 Å². The van der Waals surface area contributed by atoms with Crippen LogP contribution in [0.3, 0.4) is 0 Å². The van der Waals surface area contributed by atoms with Crippen LogP contribution >= 0.6 is 46.2 Å². The van der Waals surface area contributed by atoms with Crippen molar-refractivity contribution in [3.05, 3.63) is 82.1 Å². The van der Waals surface area contributed by atoms with Gasteiger partial charge in [0.05, 0.1) is 4.88 Å². The summed E-state index contributed by atoms with van der Waals surface area (Å²) in [7, 11) is 0. The third-order valence-electron chi connectivity index (χ3n) is 7.51. The average Bonchev–Trinajstić information content (AvgIpc) is 3.75. The van der Waals surface area contributed by atoms with Gasteiger partial charge < -0.3 is 41.4 Å². The van der Waals surface area contributed by atoms with E-state index in [2.05, 4.69) is 20.4 Å². The summed E-state index contributed by atoms with van der Waals surface area (Å²) in [6.07, 6.45) is -1.58. The number of carbonyl (C=O) groups is 5. The van der Waals surface area contributed by atoms with Crippen molar-refractivity contribution in [2.24, 2.45) is 5.16 Å². The number of phenols is 2. The minimum Gasteiger partial charge on any atom is -0.504 e. The molecule has 2 aliphatic rings. The number of benzene rings is 2. The van der Waals surface area contributed by atoms with Crippen LogP contribution in [0.1, 0.15) is 27.8 Å². The molecule has 4 aromatic rings. The van der Waals surface area contributed by atoms with E-state index < -0.39 is 58.7 Å². The van der Waals surface area contributed by atoms with Crippen LogP contribution in [-0.2, 0) is 24.0 Å². The zero-order valence-electron chi connectivity index (χ0n) is 26.0. The maximum atomic E-state index is 13.5. The summed E-state index contributed by atoms with van der Waals surface area (Å²) in [4.78, 5) is 78.0. The minimum absolute atomic E-state index is 0.0283. The Morgan fingerprint density at radius 2 is 1.81 bits per heavy atom. The zero-order valence-corrected chi connectivity index (χ0v) is 29.3. The molecular weight excluding hydrogens is 761 g/mol. The maximum absolute atomic E-state index is 13.5. The normalized spacial score (nSPS) is 17.6. The monoisotopic (exact) mass is 784 g/mol. The number of amides is 2. The molecule has 0 bridgehead atoms. The highest BCUT2D eigenvalue weighted by atomic mass is 32.2. The van der Waals surface area contributed by atoms with Gasteiger partial charge in [0.25, 0.3) is 11.8 Å². The first-order chi connectivity index (χ1) is 24.8. The number of aromatic carboxylic acids is 1. The van der Waals surface area contributed by atoms with Crippen LogP contribution in [0, 0.1) is 0 Å². The van der Waals surface area contributed by atoms with Crippen molar-refractivity contribution in [2.45, 2.75) is 21.9 Å². The molecule has 1 saturated heterocycles. The summed E-state index contributed by atoms with van der Waals surface area (Å²) in [6, 6.07) is 10.5. The Morgan fingerprint density at radius 3 is 2.44 bits per heavy atom. The van der Waals surface area contributed by atoms with Crippen molar-refractivity contribution in [3.8, 4) is 21.9 Å². The summed E-state index contributed by atoms with van der Waals surface area (Å²) in [5.74, 6) is -6.45. The zero-order chi connectivity index (χ0) is 37.3. The molecule has 17 nitrogen and oxygen atoms in total. The fourth-order valence-corrected chi connectivity index (χ4v) is 9.27. The molecule has 2 aromatic heterocycles. The van der Waals surface area contributed by atoms with E-state index in [1.165, 1.54) is 47.5 Å². The lowest BCUT2D eigenvalue weighted by Gasteiger charge is -2.49. The van der Waals surface area contributed by atoms with Crippen LogP contribution in [0.4, 0.5) is 5.13 Å². The van der Waals surface area contributed by atoms with E-state index in [9.17, 15) is 49.5 Å². The number of β-lactam (4-membered cyclic amide) rings is 1. The van der Waals surface area contributed by atoms with E-state index in [0.29, 0.717) is 11.1 Å². The number of aromatic nitrogens is 2.